The van der Waals surface area contributed by atoms with Crippen molar-refractivity contribution >= 4 is 17.6 Å². The minimum Gasteiger partial charge on any atom is -0.493 e. The molecular formula is C22H21NO7. The SMILES string of the molecule is COc1ccc(C2=CC(CC(=O)O)(C(=O)O)ON2)cc1OC1Cc2ccccc2C1. The van der Waals surface area contributed by atoms with Crippen molar-refractivity contribution in [1.29, 1.82) is 0 Å². The van der Waals surface area contributed by atoms with E-state index in [0.717, 1.165) is 12.8 Å². The molecule has 1 heterocycles. The van der Waals surface area contributed by atoms with E-state index in [4.69, 9.17) is 19.4 Å². The van der Waals surface area contributed by atoms with Gasteiger partial charge in [-0.25, -0.2) is 4.79 Å². The molecule has 0 saturated heterocycles. The molecule has 3 N–H and O–H groups in total. The summed E-state index contributed by atoms with van der Waals surface area (Å²) in [7, 11) is 1.55. The van der Waals surface area contributed by atoms with Crippen molar-refractivity contribution in [3.8, 4) is 11.5 Å². The maximum atomic E-state index is 11.6. The van der Waals surface area contributed by atoms with Crippen molar-refractivity contribution in [3.63, 3.8) is 0 Å². The van der Waals surface area contributed by atoms with Crippen LogP contribution in [-0.4, -0.2) is 41.0 Å². The smallest absolute Gasteiger partial charge is 0.343 e. The number of aliphatic carboxylic acids is 2. The highest BCUT2D eigenvalue weighted by molar-refractivity contribution is 5.89. The van der Waals surface area contributed by atoms with Crippen LogP contribution in [0.25, 0.3) is 5.70 Å². The van der Waals surface area contributed by atoms with Gasteiger partial charge < -0.3 is 19.7 Å². The molecule has 0 spiro atoms. The molecule has 30 heavy (non-hydrogen) atoms. The van der Waals surface area contributed by atoms with E-state index in [2.05, 4.69) is 17.6 Å². The Morgan fingerprint density at radius 1 is 1.13 bits per heavy atom. The number of rotatable bonds is 7. The van der Waals surface area contributed by atoms with Gasteiger partial charge in [0.25, 0.3) is 0 Å². The number of nitrogens with one attached hydrogen (secondary N) is 1. The van der Waals surface area contributed by atoms with Gasteiger partial charge in [0, 0.05) is 18.4 Å². The molecule has 0 radical (unpaired) electrons. The normalized spacial score (nSPS) is 20.2. The number of methoxy groups -OCH3 is 1. The van der Waals surface area contributed by atoms with Crippen LogP contribution in [0.4, 0.5) is 0 Å². The van der Waals surface area contributed by atoms with Crippen LogP contribution in [0, 0.1) is 0 Å². The van der Waals surface area contributed by atoms with Gasteiger partial charge in [-0.15, -0.1) is 0 Å². The second-order valence-electron chi connectivity index (χ2n) is 7.31. The van der Waals surface area contributed by atoms with Gasteiger partial charge in [0.1, 0.15) is 6.10 Å². The number of carboxylic acids is 2. The molecule has 8 nitrogen and oxygen atoms in total. The minimum atomic E-state index is -1.98. The van der Waals surface area contributed by atoms with Crippen LogP contribution < -0.4 is 15.0 Å². The number of ether oxygens (including phenoxy) is 2. The highest BCUT2D eigenvalue weighted by Gasteiger charge is 2.45. The number of fused-ring (bicyclic) bond motifs is 1. The summed E-state index contributed by atoms with van der Waals surface area (Å²) in [6.45, 7) is 0. The Labute approximate surface area is 172 Å². The van der Waals surface area contributed by atoms with Crippen molar-refractivity contribution in [1.82, 2.24) is 5.48 Å². The van der Waals surface area contributed by atoms with Gasteiger partial charge in [-0.3, -0.25) is 15.1 Å². The van der Waals surface area contributed by atoms with Crippen LogP contribution in [0.3, 0.4) is 0 Å². The van der Waals surface area contributed by atoms with Gasteiger partial charge >= 0.3 is 11.9 Å². The van der Waals surface area contributed by atoms with Crippen LogP contribution in [0.5, 0.6) is 11.5 Å². The third kappa shape index (κ3) is 3.69. The molecule has 0 fully saturated rings. The van der Waals surface area contributed by atoms with E-state index >= 15 is 0 Å². The largest absolute Gasteiger partial charge is 0.493 e. The molecule has 8 heteroatoms. The van der Waals surface area contributed by atoms with E-state index in [1.807, 2.05) is 12.1 Å². The Hall–Kier alpha value is -3.52. The van der Waals surface area contributed by atoms with Crippen LogP contribution in [0.15, 0.2) is 48.5 Å². The van der Waals surface area contributed by atoms with Crippen molar-refractivity contribution in [3.05, 3.63) is 65.2 Å². The molecule has 0 bridgehead atoms. The summed E-state index contributed by atoms with van der Waals surface area (Å²) in [4.78, 5) is 27.9. The standard InChI is InChI=1S/C22H21NO7/c1-28-18-7-6-15(17-11-22(21(26)27,30-23-17)12-20(24)25)10-19(18)29-16-8-13-4-2-3-5-14(13)9-16/h2-7,10-11,16,23H,8-9,12H2,1H3,(H,24,25)(H,26,27). The zero-order valence-corrected chi connectivity index (χ0v) is 16.3. The van der Waals surface area contributed by atoms with Crippen molar-refractivity contribution in [2.45, 2.75) is 31.0 Å². The Morgan fingerprint density at radius 3 is 2.43 bits per heavy atom. The molecule has 4 rings (SSSR count). The fourth-order valence-corrected chi connectivity index (χ4v) is 3.79. The monoisotopic (exact) mass is 411 g/mol. The van der Waals surface area contributed by atoms with E-state index in [-0.39, 0.29) is 6.10 Å². The van der Waals surface area contributed by atoms with E-state index in [1.54, 1.807) is 25.3 Å². The highest BCUT2D eigenvalue weighted by atomic mass is 16.7. The summed E-state index contributed by atoms with van der Waals surface area (Å²) in [6.07, 6.45) is 2.08. The molecule has 1 aliphatic carbocycles. The topological polar surface area (TPSA) is 114 Å². The summed E-state index contributed by atoms with van der Waals surface area (Å²) in [5, 5.41) is 18.5. The van der Waals surface area contributed by atoms with E-state index in [9.17, 15) is 14.7 Å². The lowest BCUT2D eigenvalue weighted by Gasteiger charge is -2.17. The van der Waals surface area contributed by atoms with Gasteiger partial charge in [0.2, 0.25) is 5.60 Å². The number of benzene rings is 2. The molecule has 0 saturated carbocycles. The van der Waals surface area contributed by atoms with E-state index < -0.39 is 24.0 Å². The summed E-state index contributed by atoms with van der Waals surface area (Å²) in [5.74, 6) is -1.61. The highest BCUT2D eigenvalue weighted by Crippen LogP contribution is 2.36. The summed E-state index contributed by atoms with van der Waals surface area (Å²) in [6, 6.07) is 13.3. The second kappa shape index (κ2) is 7.72. The molecule has 1 aliphatic heterocycles. The third-order valence-corrected chi connectivity index (χ3v) is 5.28. The maximum Gasteiger partial charge on any atom is 0.343 e. The molecule has 2 aromatic rings. The van der Waals surface area contributed by atoms with E-state index in [0.29, 0.717) is 22.8 Å². The molecule has 2 aliphatic rings. The molecule has 1 atom stereocenters. The average molecular weight is 411 g/mol. The number of hydroxylamine groups is 1. The third-order valence-electron chi connectivity index (χ3n) is 5.28. The molecule has 0 aromatic heterocycles. The van der Waals surface area contributed by atoms with Crippen molar-refractivity contribution in [2.75, 3.05) is 7.11 Å². The van der Waals surface area contributed by atoms with Gasteiger partial charge in [-0.05, 0) is 35.4 Å². The summed E-state index contributed by atoms with van der Waals surface area (Å²) in [5.41, 5.74) is 4.02. The Kier molecular flexibility index (Phi) is 5.09. The number of hydrogen-bond donors (Lipinski definition) is 3. The Bertz CT molecular complexity index is 1010. The van der Waals surface area contributed by atoms with Crippen molar-refractivity contribution in [2.24, 2.45) is 0 Å². The second-order valence-corrected chi connectivity index (χ2v) is 7.31. The maximum absolute atomic E-state index is 11.6. The van der Waals surface area contributed by atoms with Crippen molar-refractivity contribution < 1.29 is 34.1 Å². The lowest BCUT2D eigenvalue weighted by atomic mass is 9.97. The molecule has 156 valence electrons. The van der Waals surface area contributed by atoms with Crippen LogP contribution in [0.2, 0.25) is 0 Å². The first kappa shape index (κ1) is 19.8. The van der Waals surface area contributed by atoms with E-state index in [1.165, 1.54) is 17.2 Å². The lowest BCUT2D eigenvalue weighted by molar-refractivity contribution is -0.168. The zero-order valence-electron chi connectivity index (χ0n) is 16.3. The lowest BCUT2D eigenvalue weighted by Crippen LogP contribution is -2.41. The predicted octanol–water partition coefficient (Wildman–Crippen LogP) is 2.42. The number of carbonyl (C=O) groups is 2. The van der Waals surface area contributed by atoms with Gasteiger partial charge in [0.05, 0.1) is 19.2 Å². The zero-order chi connectivity index (χ0) is 21.3. The Balaban J connectivity index is 1.60. The molecule has 0 amide bonds. The van der Waals surface area contributed by atoms with Gasteiger partial charge in [0.15, 0.2) is 11.5 Å². The minimum absolute atomic E-state index is 0.0431. The average Bonchev–Trinajstić information content (AvgIpc) is 3.32. The molecule has 2 aromatic carbocycles. The predicted molar refractivity (Wildman–Crippen MR) is 106 cm³/mol. The summed E-state index contributed by atoms with van der Waals surface area (Å²) >= 11 is 0. The first-order chi connectivity index (χ1) is 14.4. The van der Waals surface area contributed by atoms with Crippen LogP contribution in [-0.2, 0) is 27.3 Å². The quantitative estimate of drug-likeness (QED) is 0.637. The first-order valence-electron chi connectivity index (χ1n) is 9.44. The fourth-order valence-electron chi connectivity index (χ4n) is 3.79. The Morgan fingerprint density at radius 2 is 1.83 bits per heavy atom. The van der Waals surface area contributed by atoms with Crippen LogP contribution in [0.1, 0.15) is 23.1 Å². The molecular weight excluding hydrogens is 390 g/mol. The number of carboxylic acid groups (broad SMARTS) is 2. The summed E-state index contributed by atoms with van der Waals surface area (Å²) < 4.78 is 11.6. The van der Waals surface area contributed by atoms with Gasteiger partial charge in [-0.2, -0.15) is 0 Å². The first-order valence-corrected chi connectivity index (χ1v) is 9.44. The molecule has 1 unspecified atom stereocenters. The van der Waals surface area contributed by atoms with Gasteiger partial charge in [-0.1, -0.05) is 24.3 Å². The van der Waals surface area contributed by atoms with Crippen LogP contribution >= 0.6 is 0 Å². The number of hydrogen-bond acceptors (Lipinski definition) is 6. The fraction of sp³-hybridized carbons (Fsp3) is 0.273.